The van der Waals surface area contributed by atoms with E-state index >= 15 is 0 Å². The van der Waals surface area contributed by atoms with Crippen LogP contribution in [0.25, 0.3) is 0 Å². The molecule has 0 bridgehead atoms. The first-order valence-electron chi connectivity index (χ1n) is 19.1. The zero-order valence-corrected chi connectivity index (χ0v) is 36.5. The number of nitrogens with one attached hydrogen (secondary N) is 1. The highest BCUT2D eigenvalue weighted by Gasteiger charge is 2.27. The summed E-state index contributed by atoms with van der Waals surface area (Å²) in [4.78, 5) is 26.5. The van der Waals surface area contributed by atoms with Gasteiger partial charge < -0.3 is 28.5 Å². The SMILES string of the molecule is COc1ccc(CN(Cc2ccc(OC)cc2)S(=O)(=O)c2cc[nH]c(=O)c2)cc1.COc1ccc(CN(Cc2ccc(OC)cc2)S(=O)(=O)c2ccn(C(C)C)c(=O)c2)cc1. The lowest BCUT2D eigenvalue weighted by Gasteiger charge is -2.23. The summed E-state index contributed by atoms with van der Waals surface area (Å²) >= 11 is 0. The number of pyridine rings is 2. The third-order valence-electron chi connectivity index (χ3n) is 9.57. The fraction of sp³-hybridized carbons (Fsp3) is 0.244. The molecule has 0 saturated heterocycles. The average Bonchev–Trinajstić information content (AvgIpc) is 3.27. The molecule has 4 aromatic carbocycles. The van der Waals surface area contributed by atoms with Crippen LogP contribution < -0.4 is 30.1 Å². The molecule has 14 nitrogen and oxygen atoms in total. The molecule has 16 heteroatoms. The fourth-order valence-electron chi connectivity index (χ4n) is 6.13. The third-order valence-corrected chi connectivity index (χ3v) is 13.1. The molecule has 1 N–H and O–H groups in total. The number of nitrogens with zero attached hydrogens (tertiary/aromatic N) is 3. The quantitative estimate of drug-likeness (QED) is 0.105. The highest BCUT2D eigenvalue weighted by atomic mass is 32.2. The molecule has 0 unspecified atom stereocenters. The summed E-state index contributed by atoms with van der Waals surface area (Å²) in [5.41, 5.74) is 2.38. The predicted octanol–water partition coefficient (Wildman–Crippen LogP) is 6.62. The van der Waals surface area contributed by atoms with Gasteiger partial charge in [-0.15, -0.1) is 0 Å². The molecule has 322 valence electrons. The van der Waals surface area contributed by atoms with E-state index in [4.69, 9.17) is 18.9 Å². The van der Waals surface area contributed by atoms with Crippen LogP contribution in [-0.2, 0) is 46.2 Å². The van der Waals surface area contributed by atoms with Crippen LogP contribution in [0.2, 0.25) is 0 Å². The second-order valence-electron chi connectivity index (χ2n) is 14.0. The number of aromatic amines is 1. The van der Waals surface area contributed by atoms with Crippen molar-refractivity contribution in [2.45, 2.75) is 55.9 Å². The number of ether oxygens (including phenoxy) is 4. The Labute approximate surface area is 356 Å². The van der Waals surface area contributed by atoms with E-state index in [0.29, 0.717) is 23.0 Å². The maximum atomic E-state index is 13.5. The first-order valence-corrected chi connectivity index (χ1v) is 22.0. The Morgan fingerprint density at radius 3 is 1.11 bits per heavy atom. The molecule has 6 aromatic rings. The summed E-state index contributed by atoms with van der Waals surface area (Å²) in [5, 5.41) is 0. The lowest BCUT2D eigenvalue weighted by atomic mass is 10.2. The average molecular weight is 871 g/mol. The van der Waals surface area contributed by atoms with Crippen LogP contribution in [0.4, 0.5) is 0 Å². The molecule has 61 heavy (non-hydrogen) atoms. The van der Waals surface area contributed by atoms with E-state index in [0.717, 1.165) is 28.3 Å². The molecule has 0 spiro atoms. The molecule has 0 radical (unpaired) electrons. The first-order chi connectivity index (χ1) is 29.2. The van der Waals surface area contributed by atoms with Crippen LogP contribution in [0.1, 0.15) is 42.1 Å². The Morgan fingerprint density at radius 2 is 0.836 bits per heavy atom. The standard InChI is InChI=1S/C24H28N2O5S.C21H22N2O5S/c1-18(2)26-14-13-23(15-24(26)27)32(28,29)25(16-19-5-9-21(30-3)10-6-19)17-20-7-11-22(31-4)12-8-20;1-27-18-7-3-16(4-8-18)14-23(15-17-5-9-19(28-2)10-6-17)29(25,26)20-11-12-22-21(24)13-20/h5-15,18H,16-17H2,1-4H3;3-13H,14-15H2,1-2H3,(H,22,24). The summed E-state index contributed by atoms with van der Waals surface area (Å²) in [7, 11) is -1.54. The number of H-pyrrole nitrogens is 1. The summed E-state index contributed by atoms with van der Waals surface area (Å²) in [6.07, 6.45) is 2.85. The van der Waals surface area contributed by atoms with Gasteiger partial charge in [-0.05, 0) is 96.8 Å². The molecule has 0 aliphatic heterocycles. The van der Waals surface area contributed by atoms with Crippen molar-refractivity contribution in [3.05, 3.63) is 177 Å². The van der Waals surface area contributed by atoms with Crippen molar-refractivity contribution in [1.29, 1.82) is 0 Å². The summed E-state index contributed by atoms with van der Waals surface area (Å²) in [5.74, 6) is 2.76. The summed E-state index contributed by atoms with van der Waals surface area (Å²) < 4.78 is 78.5. The van der Waals surface area contributed by atoms with Gasteiger partial charge in [0, 0.05) is 56.7 Å². The lowest BCUT2D eigenvalue weighted by Crippen LogP contribution is -2.32. The van der Waals surface area contributed by atoms with Gasteiger partial charge >= 0.3 is 0 Å². The molecule has 6 rings (SSSR count). The van der Waals surface area contributed by atoms with E-state index in [-0.39, 0.29) is 47.6 Å². The molecule has 2 heterocycles. The molecular formula is C45H50N4O10S2. The highest BCUT2D eigenvalue weighted by molar-refractivity contribution is 7.89. The smallest absolute Gasteiger partial charge is 0.252 e. The Bertz CT molecular complexity index is 2580. The van der Waals surface area contributed by atoms with Crippen molar-refractivity contribution in [3.63, 3.8) is 0 Å². The molecule has 0 aliphatic carbocycles. The van der Waals surface area contributed by atoms with Crippen LogP contribution >= 0.6 is 0 Å². The minimum absolute atomic E-state index is 0.0265. The van der Waals surface area contributed by atoms with Gasteiger partial charge in [0.2, 0.25) is 25.6 Å². The lowest BCUT2D eigenvalue weighted by molar-refractivity contribution is 0.397. The van der Waals surface area contributed by atoms with Crippen molar-refractivity contribution in [3.8, 4) is 23.0 Å². The van der Waals surface area contributed by atoms with Crippen LogP contribution in [0.3, 0.4) is 0 Å². The van der Waals surface area contributed by atoms with Crippen LogP contribution in [0.5, 0.6) is 23.0 Å². The van der Waals surface area contributed by atoms with Gasteiger partial charge in [-0.2, -0.15) is 8.61 Å². The van der Waals surface area contributed by atoms with Crippen LogP contribution in [0, 0.1) is 0 Å². The second kappa shape index (κ2) is 20.9. The van der Waals surface area contributed by atoms with Crippen molar-refractivity contribution < 1.29 is 35.8 Å². The Hall–Kier alpha value is -6.20. The van der Waals surface area contributed by atoms with Crippen molar-refractivity contribution in [1.82, 2.24) is 18.2 Å². The summed E-state index contributed by atoms with van der Waals surface area (Å²) in [6.45, 7) is 4.32. The van der Waals surface area contributed by atoms with E-state index in [1.54, 1.807) is 77.0 Å². The van der Waals surface area contributed by atoms with Crippen molar-refractivity contribution in [2.24, 2.45) is 0 Å². The molecule has 0 fully saturated rings. The highest BCUT2D eigenvalue weighted by Crippen LogP contribution is 2.25. The third kappa shape index (κ3) is 12.2. The molecule has 2 aromatic heterocycles. The summed E-state index contributed by atoms with van der Waals surface area (Å²) in [6, 6.07) is 33.9. The molecule has 0 aliphatic rings. The van der Waals surface area contributed by atoms with E-state index in [1.165, 1.54) is 43.8 Å². The van der Waals surface area contributed by atoms with Gasteiger partial charge in [0.05, 0.1) is 38.2 Å². The monoisotopic (exact) mass is 870 g/mol. The largest absolute Gasteiger partial charge is 0.497 e. The van der Waals surface area contributed by atoms with Gasteiger partial charge in [0.15, 0.2) is 0 Å². The van der Waals surface area contributed by atoms with E-state index in [2.05, 4.69) is 4.98 Å². The van der Waals surface area contributed by atoms with E-state index in [9.17, 15) is 26.4 Å². The van der Waals surface area contributed by atoms with Gasteiger partial charge in [-0.25, -0.2) is 16.8 Å². The van der Waals surface area contributed by atoms with Crippen LogP contribution in [0.15, 0.2) is 153 Å². The number of hydrogen-bond acceptors (Lipinski definition) is 10. The number of benzene rings is 4. The predicted molar refractivity (Wildman–Crippen MR) is 233 cm³/mol. The maximum absolute atomic E-state index is 13.5. The van der Waals surface area contributed by atoms with Gasteiger partial charge in [-0.3, -0.25) is 9.59 Å². The van der Waals surface area contributed by atoms with Gasteiger partial charge in [0.1, 0.15) is 23.0 Å². The zero-order chi connectivity index (χ0) is 44.2. The number of aromatic nitrogens is 2. The zero-order valence-electron chi connectivity index (χ0n) is 34.8. The van der Waals surface area contributed by atoms with Gasteiger partial charge in [0.25, 0.3) is 5.56 Å². The van der Waals surface area contributed by atoms with Crippen molar-refractivity contribution >= 4 is 20.0 Å². The Balaban J connectivity index is 0.000000232. The number of hydrogen-bond donors (Lipinski definition) is 1. The van der Waals surface area contributed by atoms with Crippen LogP contribution in [-0.4, -0.2) is 63.4 Å². The number of methoxy groups -OCH3 is 4. The van der Waals surface area contributed by atoms with E-state index in [1.807, 2.05) is 62.4 Å². The Morgan fingerprint density at radius 1 is 0.508 bits per heavy atom. The van der Waals surface area contributed by atoms with Gasteiger partial charge in [-0.1, -0.05) is 48.5 Å². The minimum Gasteiger partial charge on any atom is -0.497 e. The normalized spacial score (nSPS) is 11.6. The maximum Gasteiger partial charge on any atom is 0.252 e. The fourth-order valence-corrected chi connectivity index (χ4v) is 8.98. The minimum atomic E-state index is -3.94. The molecular weight excluding hydrogens is 821 g/mol. The second-order valence-corrected chi connectivity index (χ2v) is 17.9. The molecule has 0 amide bonds. The Kier molecular flexibility index (Phi) is 15.7. The number of sulfonamides is 2. The molecule has 0 atom stereocenters. The topological polar surface area (TPSA) is 167 Å². The number of rotatable bonds is 17. The van der Waals surface area contributed by atoms with E-state index < -0.39 is 25.6 Å². The first kappa shape index (κ1) is 45.9. The molecule has 0 saturated carbocycles. The van der Waals surface area contributed by atoms with Crippen molar-refractivity contribution in [2.75, 3.05) is 28.4 Å².